The van der Waals surface area contributed by atoms with E-state index in [1.807, 2.05) is 0 Å². The summed E-state index contributed by atoms with van der Waals surface area (Å²) in [6, 6.07) is 1.14. The zero-order valence-corrected chi connectivity index (χ0v) is 8.75. The molecule has 1 rings (SSSR count). The van der Waals surface area contributed by atoms with E-state index in [-0.39, 0.29) is 12.4 Å². The van der Waals surface area contributed by atoms with Crippen molar-refractivity contribution in [2.75, 3.05) is 5.73 Å². The van der Waals surface area contributed by atoms with Crippen LogP contribution in [0.4, 0.5) is 22.7 Å². The molecule has 0 heterocycles. The molecule has 0 fully saturated rings. The second kappa shape index (κ2) is 5.03. The van der Waals surface area contributed by atoms with Crippen molar-refractivity contribution in [3.05, 3.63) is 42.5 Å². The molecule has 0 bridgehead atoms. The summed E-state index contributed by atoms with van der Waals surface area (Å²) in [4.78, 5) is 28.3. The molecule has 0 unspecified atom stereocenters. The molecule has 0 amide bonds. The van der Waals surface area contributed by atoms with Gasteiger partial charge >= 0.3 is 11.4 Å². The second-order valence-electron chi connectivity index (χ2n) is 2.67. The number of hydrogen-bond acceptors (Lipinski definition) is 7. The Hall–Kier alpha value is -2.49. The predicted molar refractivity (Wildman–Crippen MR) is 58.1 cm³/mol. The molecule has 0 aliphatic heterocycles. The smallest absolute Gasteiger partial charge is 0.306 e. The molecule has 0 aromatic heterocycles. The lowest BCUT2D eigenvalue weighted by molar-refractivity contribution is -0.401. The predicted octanol–water partition coefficient (Wildman–Crippen LogP) is 1.42. The fourth-order valence-corrected chi connectivity index (χ4v) is 1.02. The minimum atomic E-state index is -1.02. The van der Waals surface area contributed by atoms with Crippen molar-refractivity contribution in [3.8, 4) is 0 Å². The fraction of sp³-hybridized carbons (Fsp3) is 0. The third kappa shape index (κ3) is 2.75. The van der Waals surface area contributed by atoms with Crippen molar-refractivity contribution < 1.29 is 14.8 Å². The van der Waals surface area contributed by atoms with Crippen LogP contribution in [0.15, 0.2) is 12.1 Å². The molecule has 0 spiro atoms. The van der Waals surface area contributed by atoms with Crippen molar-refractivity contribution in [1.29, 1.82) is 0 Å². The van der Waals surface area contributed by atoms with Gasteiger partial charge in [0.15, 0.2) is 5.69 Å². The molecule has 0 aliphatic carbocycles. The number of anilines is 1. The van der Waals surface area contributed by atoms with Crippen molar-refractivity contribution in [1.82, 2.24) is 0 Å². The molecule has 17 heavy (non-hydrogen) atoms. The van der Waals surface area contributed by atoms with Gasteiger partial charge in [0.1, 0.15) is 0 Å². The number of benzene rings is 1. The third-order valence-corrected chi connectivity index (χ3v) is 1.73. The van der Waals surface area contributed by atoms with Crippen LogP contribution in [0.2, 0.25) is 0 Å². The van der Waals surface area contributed by atoms with Crippen LogP contribution in [0.3, 0.4) is 0 Å². The Kier molecular flexibility index (Phi) is 4.29. The summed E-state index contributed by atoms with van der Waals surface area (Å²) >= 11 is 0. The molecule has 10 nitrogen and oxygen atoms in total. The van der Waals surface area contributed by atoms with E-state index in [0.29, 0.717) is 12.1 Å². The van der Waals surface area contributed by atoms with E-state index < -0.39 is 37.5 Å². The van der Waals surface area contributed by atoms with Gasteiger partial charge in [-0.15, -0.1) is 12.4 Å². The maximum absolute atomic E-state index is 10.5. The van der Waals surface area contributed by atoms with E-state index in [9.17, 15) is 30.3 Å². The monoisotopic (exact) mass is 264 g/mol. The van der Waals surface area contributed by atoms with Crippen LogP contribution < -0.4 is 5.73 Å². The number of hydrogen-bond donors (Lipinski definition) is 1. The molecule has 2 N–H and O–H groups in total. The van der Waals surface area contributed by atoms with Gasteiger partial charge in [0, 0.05) is 0 Å². The number of nitrogens with zero attached hydrogens (tertiary/aromatic N) is 3. The molecule has 0 saturated heterocycles. The lowest BCUT2D eigenvalue weighted by atomic mass is 10.2. The number of nitrogen functional groups attached to an aromatic ring is 1. The Morgan fingerprint density at radius 2 is 1.24 bits per heavy atom. The van der Waals surface area contributed by atoms with E-state index in [4.69, 9.17) is 5.73 Å². The first-order valence-electron chi connectivity index (χ1n) is 3.71. The van der Waals surface area contributed by atoms with Crippen molar-refractivity contribution in [2.45, 2.75) is 0 Å². The van der Waals surface area contributed by atoms with Crippen molar-refractivity contribution in [2.24, 2.45) is 0 Å². The first kappa shape index (κ1) is 14.5. The summed E-state index contributed by atoms with van der Waals surface area (Å²) in [7, 11) is 0. The van der Waals surface area contributed by atoms with Gasteiger partial charge in [-0.05, 0) is 0 Å². The average Bonchev–Trinajstić information content (AvgIpc) is 2.16. The molecule has 0 radical (unpaired) electrons. The SMILES string of the molecule is Cl.Nc1c([N+](=O)[O-])cc([N+](=O)[O-])cc1[N+](=O)[O-]. The standard InChI is InChI=1S/C6H4N4O6.ClH/c7-6-4(9(13)14)1-3(8(11)12)2-5(6)10(15)16;/h1-2H,7H2;1H. The molecule has 0 saturated carbocycles. The number of non-ortho nitro benzene ring substituents is 1. The molecule has 1 aromatic rings. The summed E-state index contributed by atoms with van der Waals surface area (Å²) in [6.07, 6.45) is 0. The number of nitro benzene ring substituents is 3. The van der Waals surface area contributed by atoms with Gasteiger partial charge in [0.2, 0.25) is 0 Å². The van der Waals surface area contributed by atoms with Crippen LogP contribution in [0.1, 0.15) is 0 Å². The molecular weight excluding hydrogens is 260 g/mol. The van der Waals surface area contributed by atoms with E-state index in [0.717, 1.165) is 0 Å². The summed E-state index contributed by atoms with van der Waals surface area (Å²) in [5.74, 6) is 0. The van der Waals surface area contributed by atoms with Crippen LogP contribution >= 0.6 is 12.4 Å². The Bertz CT molecular complexity index is 468. The van der Waals surface area contributed by atoms with Crippen LogP contribution in [-0.4, -0.2) is 14.8 Å². The number of nitrogens with two attached hydrogens (primary N) is 1. The number of rotatable bonds is 3. The lowest BCUT2D eigenvalue weighted by Crippen LogP contribution is -2.02. The topological polar surface area (TPSA) is 155 Å². The molecule has 11 heteroatoms. The maximum atomic E-state index is 10.5. The van der Waals surface area contributed by atoms with E-state index in [2.05, 4.69) is 0 Å². The first-order valence-corrected chi connectivity index (χ1v) is 3.71. The van der Waals surface area contributed by atoms with Crippen LogP contribution in [0.5, 0.6) is 0 Å². The quantitative estimate of drug-likeness (QED) is 0.491. The van der Waals surface area contributed by atoms with Crippen LogP contribution in [-0.2, 0) is 0 Å². The molecule has 1 aromatic carbocycles. The van der Waals surface area contributed by atoms with Crippen LogP contribution in [0.25, 0.3) is 0 Å². The van der Waals surface area contributed by atoms with Gasteiger partial charge in [0.05, 0.1) is 26.9 Å². The van der Waals surface area contributed by atoms with E-state index >= 15 is 0 Å². The second-order valence-corrected chi connectivity index (χ2v) is 2.67. The Balaban J connectivity index is 0.00000256. The molecule has 0 atom stereocenters. The van der Waals surface area contributed by atoms with Gasteiger partial charge in [-0.3, -0.25) is 30.3 Å². The van der Waals surface area contributed by atoms with Gasteiger partial charge in [-0.2, -0.15) is 0 Å². The Labute approximate surface area is 98.9 Å². The number of halogens is 1. The number of nitro groups is 3. The van der Waals surface area contributed by atoms with Crippen molar-refractivity contribution >= 4 is 35.2 Å². The lowest BCUT2D eigenvalue weighted by Gasteiger charge is -1.98. The molecule has 0 aliphatic rings. The minimum Gasteiger partial charge on any atom is -0.387 e. The highest BCUT2D eigenvalue weighted by Crippen LogP contribution is 2.35. The minimum absolute atomic E-state index is 0. The summed E-state index contributed by atoms with van der Waals surface area (Å²) in [5.41, 5.74) is 1.96. The zero-order chi connectivity index (χ0) is 12.5. The summed E-state index contributed by atoms with van der Waals surface area (Å²) in [5, 5.41) is 31.3. The first-order chi connectivity index (χ1) is 7.34. The highest BCUT2D eigenvalue weighted by molar-refractivity contribution is 5.85. The molecule has 92 valence electrons. The fourth-order valence-electron chi connectivity index (χ4n) is 1.02. The highest BCUT2D eigenvalue weighted by atomic mass is 35.5. The van der Waals surface area contributed by atoms with Gasteiger partial charge in [0.25, 0.3) is 5.69 Å². The van der Waals surface area contributed by atoms with Gasteiger partial charge in [-0.1, -0.05) is 0 Å². The normalized spacial score (nSPS) is 9.18. The highest BCUT2D eigenvalue weighted by Gasteiger charge is 2.28. The summed E-state index contributed by atoms with van der Waals surface area (Å²) in [6.45, 7) is 0. The Morgan fingerprint density at radius 3 is 1.47 bits per heavy atom. The van der Waals surface area contributed by atoms with E-state index in [1.165, 1.54) is 0 Å². The van der Waals surface area contributed by atoms with E-state index in [1.54, 1.807) is 0 Å². The van der Waals surface area contributed by atoms with Gasteiger partial charge < -0.3 is 5.73 Å². The van der Waals surface area contributed by atoms with Crippen molar-refractivity contribution in [3.63, 3.8) is 0 Å². The summed E-state index contributed by atoms with van der Waals surface area (Å²) < 4.78 is 0. The average molecular weight is 265 g/mol. The zero-order valence-electron chi connectivity index (χ0n) is 7.93. The largest absolute Gasteiger partial charge is 0.387 e. The third-order valence-electron chi connectivity index (χ3n) is 1.73. The van der Waals surface area contributed by atoms with Crippen LogP contribution in [0, 0.1) is 30.3 Å². The Morgan fingerprint density at radius 1 is 0.882 bits per heavy atom. The molecular formula is C6H5ClN4O6. The van der Waals surface area contributed by atoms with Gasteiger partial charge in [-0.25, -0.2) is 0 Å². The maximum Gasteiger partial charge on any atom is 0.306 e.